The Bertz CT molecular complexity index is 856. The van der Waals surface area contributed by atoms with Crippen molar-refractivity contribution in [3.63, 3.8) is 0 Å². The fourth-order valence-electron chi connectivity index (χ4n) is 3.37. The smallest absolute Gasteiger partial charge is 0.244 e. The lowest BCUT2D eigenvalue weighted by Gasteiger charge is -2.43. The molecule has 1 fully saturated rings. The maximum atomic E-state index is 13.6. The van der Waals surface area contributed by atoms with Gasteiger partial charge < -0.3 is 14.8 Å². The zero-order valence-corrected chi connectivity index (χ0v) is 21.6. The first-order chi connectivity index (χ1) is 14.3. The highest BCUT2D eigenvalue weighted by atomic mass is 35.5. The van der Waals surface area contributed by atoms with E-state index in [1.165, 1.54) is 28.6 Å². The monoisotopic (exact) mass is 490 g/mol. The second-order valence-electron chi connectivity index (χ2n) is 9.48. The highest BCUT2D eigenvalue weighted by Gasteiger charge is 2.45. The van der Waals surface area contributed by atoms with Crippen molar-refractivity contribution < 1.29 is 22.7 Å². The van der Waals surface area contributed by atoms with Crippen LogP contribution in [0.1, 0.15) is 40.0 Å². The molecule has 0 spiro atoms. The molecular weight excluding hydrogens is 456 g/mol. The number of nitrogens with one attached hydrogen (secondary N) is 1. The third-order valence-electron chi connectivity index (χ3n) is 6.23. The molecule has 0 aromatic heterocycles. The largest absolute Gasteiger partial charge is 0.415 e. The second kappa shape index (κ2) is 10.3. The van der Waals surface area contributed by atoms with Gasteiger partial charge in [0.2, 0.25) is 15.9 Å². The van der Waals surface area contributed by atoms with Gasteiger partial charge in [0.05, 0.1) is 18.1 Å². The summed E-state index contributed by atoms with van der Waals surface area (Å²) in [6.07, 6.45) is 1.75. The minimum absolute atomic E-state index is 0.0144. The first-order valence-electron chi connectivity index (χ1n) is 10.6. The summed E-state index contributed by atoms with van der Waals surface area (Å²) in [6.45, 7) is 10.8. The quantitative estimate of drug-likeness (QED) is 0.544. The van der Waals surface area contributed by atoms with Crippen LogP contribution in [0.15, 0.2) is 29.2 Å². The Morgan fingerprint density at radius 2 is 1.87 bits per heavy atom. The Labute approximate surface area is 192 Å². The van der Waals surface area contributed by atoms with Crippen LogP contribution in [0.4, 0.5) is 0 Å². The van der Waals surface area contributed by atoms with Gasteiger partial charge in [-0.2, -0.15) is 4.31 Å². The van der Waals surface area contributed by atoms with Gasteiger partial charge in [-0.3, -0.25) is 4.79 Å². The molecule has 1 aliphatic rings. The summed E-state index contributed by atoms with van der Waals surface area (Å²) < 4.78 is 34.9. The number of halogens is 1. The Balaban J connectivity index is 2.40. The molecule has 0 saturated carbocycles. The molecule has 0 radical (unpaired) electrons. The maximum absolute atomic E-state index is 13.6. The molecule has 0 aliphatic carbocycles. The topological polar surface area (TPSA) is 95.9 Å². The number of carbonyl (C=O) groups excluding carboxylic acids is 1. The molecule has 2 unspecified atom stereocenters. The van der Waals surface area contributed by atoms with Gasteiger partial charge in [-0.1, -0.05) is 32.4 Å². The third kappa shape index (κ3) is 6.30. The summed E-state index contributed by atoms with van der Waals surface area (Å²) >= 11 is 5.94. The summed E-state index contributed by atoms with van der Waals surface area (Å²) in [5, 5.41) is 12.1. The van der Waals surface area contributed by atoms with Crippen LogP contribution in [0.2, 0.25) is 23.2 Å². The van der Waals surface area contributed by atoms with Crippen molar-refractivity contribution in [1.82, 2.24) is 9.62 Å². The predicted molar refractivity (Wildman–Crippen MR) is 125 cm³/mol. The second-order valence-corrected chi connectivity index (χ2v) is 16.6. The molecule has 1 aromatic carbocycles. The molecule has 1 aliphatic heterocycles. The van der Waals surface area contributed by atoms with Crippen molar-refractivity contribution in [2.45, 2.75) is 75.1 Å². The number of benzene rings is 1. The van der Waals surface area contributed by atoms with Crippen LogP contribution < -0.4 is 5.32 Å². The van der Waals surface area contributed by atoms with Crippen LogP contribution >= 0.6 is 11.6 Å². The van der Waals surface area contributed by atoms with E-state index in [-0.39, 0.29) is 29.7 Å². The minimum Gasteiger partial charge on any atom is -0.415 e. The zero-order chi connectivity index (χ0) is 23.4. The average molecular weight is 491 g/mol. The van der Waals surface area contributed by atoms with Gasteiger partial charge >= 0.3 is 0 Å². The SMILES string of the molecule is CC(C)(C)[Si](C)(C)OCC1CCCC(C(=O)NCCO)N1S(=O)(=O)c1ccc(Cl)cc1. The molecule has 1 saturated heterocycles. The number of hydrogen-bond donors (Lipinski definition) is 2. The number of hydrogen-bond acceptors (Lipinski definition) is 5. The number of sulfonamides is 1. The van der Waals surface area contributed by atoms with Crippen molar-refractivity contribution in [1.29, 1.82) is 0 Å². The van der Waals surface area contributed by atoms with Crippen molar-refractivity contribution in [2.24, 2.45) is 0 Å². The number of amides is 1. The van der Waals surface area contributed by atoms with Gasteiger partial charge in [0.1, 0.15) is 6.04 Å². The Hall–Kier alpha value is -0.973. The molecule has 176 valence electrons. The van der Waals surface area contributed by atoms with E-state index >= 15 is 0 Å². The van der Waals surface area contributed by atoms with Crippen LogP contribution in [-0.2, 0) is 19.2 Å². The molecule has 2 atom stereocenters. The van der Waals surface area contributed by atoms with E-state index in [1.54, 1.807) is 0 Å². The van der Waals surface area contributed by atoms with E-state index in [9.17, 15) is 13.2 Å². The zero-order valence-electron chi connectivity index (χ0n) is 19.0. The summed E-state index contributed by atoms with van der Waals surface area (Å²) in [4.78, 5) is 12.9. The number of aliphatic hydroxyl groups is 1. The highest BCUT2D eigenvalue weighted by molar-refractivity contribution is 7.89. The van der Waals surface area contributed by atoms with Gasteiger partial charge in [-0.25, -0.2) is 8.42 Å². The molecule has 2 N–H and O–H groups in total. The third-order valence-corrected chi connectivity index (χ3v) is 13.0. The molecule has 1 aromatic rings. The van der Waals surface area contributed by atoms with E-state index in [4.69, 9.17) is 21.1 Å². The van der Waals surface area contributed by atoms with Gasteiger partial charge in [0, 0.05) is 17.6 Å². The van der Waals surface area contributed by atoms with Crippen molar-refractivity contribution >= 4 is 35.8 Å². The molecule has 10 heteroatoms. The highest BCUT2D eigenvalue weighted by Crippen LogP contribution is 2.38. The fourth-order valence-corrected chi connectivity index (χ4v) is 6.36. The normalized spacial score (nSPS) is 21.1. The number of piperidine rings is 1. The van der Waals surface area contributed by atoms with E-state index in [2.05, 4.69) is 39.2 Å². The van der Waals surface area contributed by atoms with Crippen molar-refractivity contribution in [3.05, 3.63) is 29.3 Å². The average Bonchev–Trinajstić information content (AvgIpc) is 2.69. The Kier molecular flexibility index (Phi) is 8.74. The number of rotatable bonds is 8. The number of carbonyl (C=O) groups is 1. The lowest BCUT2D eigenvalue weighted by atomic mass is 9.98. The number of aliphatic hydroxyl groups excluding tert-OH is 1. The fraction of sp³-hybridized carbons (Fsp3) is 0.667. The first-order valence-corrected chi connectivity index (χ1v) is 15.4. The molecular formula is C21H35ClN2O5SSi. The van der Waals surface area contributed by atoms with Crippen LogP contribution in [0.25, 0.3) is 0 Å². The first kappa shape index (κ1) is 26.3. The Morgan fingerprint density at radius 1 is 1.26 bits per heavy atom. The van der Waals surface area contributed by atoms with Crippen molar-refractivity contribution in [3.8, 4) is 0 Å². The molecule has 1 heterocycles. The van der Waals surface area contributed by atoms with E-state index in [1.807, 2.05) is 0 Å². The lowest BCUT2D eigenvalue weighted by Crippen LogP contribution is -2.58. The summed E-state index contributed by atoms with van der Waals surface area (Å²) in [7, 11) is -6.07. The van der Waals surface area contributed by atoms with E-state index < -0.39 is 36.3 Å². The Morgan fingerprint density at radius 3 is 2.42 bits per heavy atom. The van der Waals surface area contributed by atoms with E-state index in [0.29, 0.717) is 17.9 Å². The predicted octanol–water partition coefficient (Wildman–Crippen LogP) is 3.38. The van der Waals surface area contributed by atoms with E-state index in [0.717, 1.165) is 6.42 Å². The summed E-state index contributed by atoms with van der Waals surface area (Å²) in [6, 6.07) is 4.67. The molecule has 31 heavy (non-hydrogen) atoms. The number of nitrogens with zero attached hydrogens (tertiary/aromatic N) is 1. The van der Waals surface area contributed by atoms with Gasteiger partial charge in [0.15, 0.2) is 8.32 Å². The van der Waals surface area contributed by atoms with Crippen LogP contribution in [0.5, 0.6) is 0 Å². The van der Waals surface area contributed by atoms with Gasteiger partial charge in [-0.15, -0.1) is 0 Å². The summed E-state index contributed by atoms with van der Waals surface area (Å²) in [5.41, 5.74) is 0. The van der Waals surface area contributed by atoms with Gasteiger partial charge in [-0.05, 0) is 61.7 Å². The van der Waals surface area contributed by atoms with Crippen LogP contribution in [0, 0.1) is 0 Å². The molecule has 1 amide bonds. The van der Waals surface area contributed by atoms with Gasteiger partial charge in [0.25, 0.3) is 0 Å². The lowest BCUT2D eigenvalue weighted by molar-refractivity contribution is -0.126. The molecule has 0 bridgehead atoms. The van der Waals surface area contributed by atoms with Crippen molar-refractivity contribution in [2.75, 3.05) is 19.8 Å². The summed E-state index contributed by atoms with van der Waals surface area (Å²) in [5.74, 6) is -0.399. The van der Waals surface area contributed by atoms with Crippen LogP contribution in [0.3, 0.4) is 0 Å². The molecule has 7 nitrogen and oxygen atoms in total. The molecule has 2 rings (SSSR count). The minimum atomic E-state index is -3.96. The standard InChI is InChI=1S/C21H35ClN2O5SSi/c1-21(2,3)31(4,5)29-15-17-7-6-8-19(20(26)23-13-14-25)24(17)30(27,28)18-11-9-16(22)10-12-18/h9-12,17,19,25H,6-8,13-15H2,1-5H3,(H,23,26). The maximum Gasteiger partial charge on any atom is 0.244 e. The van der Waals surface area contributed by atoms with Crippen LogP contribution in [-0.4, -0.2) is 63.9 Å².